The van der Waals surface area contributed by atoms with Crippen molar-refractivity contribution in [1.29, 1.82) is 0 Å². The number of amidine groups is 1. The lowest BCUT2D eigenvalue weighted by molar-refractivity contribution is 0.308. The second kappa shape index (κ2) is 7.21. The lowest BCUT2D eigenvalue weighted by atomic mass is 10.2. The number of anilines is 2. The van der Waals surface area contributed by atoms with E-state index in [9.17, 15) is 0 Å². The average Bonchev–Trinajstić information content (AvgIpc) is 2.96. The number of nitrogens with zero attached hydrogens (tertiary/aromatic N) is 5. The van der Waals surface area contributed by atoms with Gasteiger partial charge in [0, 0.05) is 18.8 Å². The van der Waals surface area contributed by atoms with Gasteiger partial charge < -0.3 is 16.4 Å². The second-order valence-corrected chi connectivity index (χ2v) is 4.49. The largest absolute Gasteiger partial charge is 0.380 e. The van der Waals surface area contributed by atoms with E-state index in [2.05, 4.69) is 43.9 Å². The maximum absolute atomic E-state index is 5.69. The molecule has 0 saturated heterocycles. The van der Waals surface area contributed by atoms with E-state index in [0.717, 1.165) is 18.7 Å². The minimum absolute atomic E-state index is 0.0507. The molecule has 1 aromatic heterocycles. The normalized spacial score (nSPS) is 12.0. The Morgan fingerprint density at radius 2 is 1.91 bits per heavy atom. The van der Waals surface area contributed by atoms with E-state index in [4.69, 9.17) is 11.5 Å². The molecule has 1 heterocycles. The Kier molecular flexibility index (Phi) is 5.07. The zero-order chi connectivity index (χ0) is 15.9. The number of nitrogen functional groups attached to an aromatic ring is 1. The zero-order valence-electron chi connectivity index (χ0n) is 12.6. The maximum atomic E-state index is 5.69. The molecule has 2 rings (SSSR count). The summed E-state index contributed by atoms with van der Waals surface area (Å²) >= 11 is 0. The first-order chi connectivity index (χ1) is 10.7. The highest BCUT2D eigenvalue weighted by molar-refractivity contribution is 5.99. The van der Waals surface area contributed by atoms with Crippen LogP contribution < -0.4 is 16.4 Å². The Balaban J connectivity index is 2.06. The molecular formula is C14H19N7O. The van der Waals surface area contributed by atoms with Crippen LogP contribution in [0.3, 0.4) is 0 Å². The fourth-order valence-electron chi connectivity index (χ4n) is 1.94. The fourth-order valence-corrected chi connectivity index (χ4v) is 1.94. The molecule has 4 N–H and O–H groups in total. The van der Waals surface area contributed by atoms with Crippen molar-refractivity contribution in [1.82, 2.24) is 10.3 Å². The lowest BCUT2D eigenvalue weighted by Crippen LogP contribution is -2.21. The molecule has 0 atom stereocenters. The predicted molar refractivity (Wildman–Crippen MR) is 87.0 cm³/mol. The fraction of sp³-hybridized carbons (Fsp3) is 0.286. The topological polar surface area (TPSA) is 119 Å². The number of benzene rings is 1. The van der Waals surface area contributed by atoms with Crippen molar-refractivity contribution in [2.45, 2.75) is 13.8 Å². The minimum atomic E-state index is 0.0507. The quantitative estimate of drug-likeness (QED) is 0.470. The van der Waals surface area contributed by atoms with Gasteiger partial charge in [-0.1, -0.05) is 12.1 Å². The van der Waals surface area contributed by atoms with Gasteiger partial charge in [-0.3, -0.25) is 0 Å². The number of aromatic nitrogens is 2. The Morgan fingerprint density at radius 3 is 2.45 bits per heavy atom. The molecule has 0 aliphatic carbocycles. The van der Waals surface area contributed by atoms with Crippen LogP contribution in [0.1, 0.15) is 25.1 Å². The molecule has 2 aromatic rings. The third-order valence-electron chi connectivity index (χ3n) is 3.15. The van der Waals surface area contributed by atoms with Gasteiger partial charge in [0.1, 0.15) is 0 Å². The lowest BCUT2D eigenvalue weighted by Gasteiger charge is -2.20. The molecule has 1 aromatic carbocycles. The standard InChI is InChI=1S/C14H19N7O/c1-3-21(4-2)11-7-5-10(6-8-11)9-17-18-13(15)12-14(16)20-22-19-12/h5-9H,3-4H2,1-2H3,(H2,15,18)(H2,16,20). The first kappa shape index (κ1) is 15.5. The summed E-state index contributed by atoms with van der Waals surface area (Å²) in [5.74, 6) is 0.134. The third kappa shape index (κ3) is 3.60. The van der Waals surface area contributed by atoms with E-state index >= 15 is 0 Å². The highest BCUT2D eigenvalue weighted by Crippen LogP contribution is 2.14. The van der Waals surface area contributed by atoms with Gasteiger partial charge in [0.2, 0.25) is 0 Å². The number of hydrogen-bond donors (Lipinski definition) is 2. The van der Waals surface area contributed by atoms with E-state index in [1.54, 1.807) is 6.21 Å². The molecule has 116 valence electrons. The second-order valence-electron chi connectivity index (χ2n) is 4.49. The van der Waals surface area contributed by atoms with Gasteiger partial charge in [-0.25, -0.2) is 4.63 Å². The van der Waals surface area contributed by atoms with E-state index in [-0.39, 0.29) is 17.3 Å². The van der Waals surface area contributed by atoms with E-state index in [1.165, 1.54) is 5.69 Å². The van der Waals surface area contributed by atoms with Crippen molar-refractivity contribution >= 4 is 23.6 Å². The molecule has 0 bridgehead atoms. The molecule has 22 heavy (non-hydrogen) atoms. The Bertz CT molecular complexity index is 656. The van der Waals surface area contributed by atoms with Crippen LogP contribution in [0, 0.1) is 0 Å². The van der Waals surface area contributed by atoms with Gasteiger partial charge in [0.25, 0.3) is 0 Å². The summed E-state index contributed by atoms with van der Waals surface area (Å²) in [5, 5.41) is 14.7. The summed E-state index contributed by atoms with van der Waals surface area (Å²) in [5.41, 5.74) is 13.5. The molecule has 0 spiro atoms. The molecule has 0 amide bonds. The highest BCUT2D eigenvalue weighted by atomic mass is 16.6. The molecule has 0 fully saturated rings. The zero-order valence-corrected chi connectivity index (χ0v) is 12.6. The van der Waals surface area contributed by atoms with Gasteiger partial charge in [0.05, 0.1) is 6.21 Å². The van der Waals surface area contributed by atoms with Gasteiger partial charge in [0.15, 0.2) is 17.3 Å². The molecule has 0 aliphatic rings. The van der Waals surface area contributed by atoms with Gasteiger partial charge >= 0.3 is 0 Å². The summed E-state index contributed by atoms with van der Waals surface area (Å²) < 4.78 is 4.45. The molecule has 0 radical (unpaired) electrons. The summed E-state index contributed by atoms with van der Waals surface area (Å²) in [6.45, 7) is 6.19. The van der Waals surface area contributed by atoms with Gasteiger partial charge in [-0.15, -0.1) is 5.10 Å². The molecule has 0 aliphatic heterocycles. The maximum Gasteiger partial charge on any atom is 0.199 e. The summed E-state index contributed by atoms with van der Waals surface area (Å²) in [6.07, 6.45) is 1.60. The van der Waals surface area contributed by atoms with E-state index < -0.39 is 0 Å². The minimum Gasteiger partial charge on any atom is -0.380 e. The SMILES string of the molecule is CCN(CC)c1ccc(C=NN=C(N)c2nonc2N)cc1. The third-order valence-corrected chi connectivity index (χ3v) is 3.15. The van der Waals surface area contributed by atoms with Gasteiger partial charge in [-0.2, -0.15) is 5.10 Å². The van der Waals surface area contributed by atoms with Crippen LogP contribution >= 0.6 is 0 Å². The van der Waals surface area contributed by atoms with Gasteiger partial charge in [-0.05, 0) is 41.9 Å². The number of nitrogens with two attached hydrogens (primary N) is 2. The van der Waals surface area contributed by atoms with Crippen molar-refractivity contribution in [2.24, 2.45) is 15.9 Å². The van der Waals surface area contributed by atoms with Crippen LogP contribution in [-0.4, -0.2) is 35.5 Å². The highest BCUT2D eigenvalue weighted by Gasteiger charge is 2.09. The van der Waals surface area contributed by atoms with Crippen molar-refractivity contribution < 1.29 is 4.63 Å². The van der Waals surface area contributed by atoms with Crippen LogP contribution in [0.2, 0.25) is 0 Å². The summed E-state index contributed by atoms with van der Waals surface area (Å²) in [6, 6.07) is 8.02. The Hall–Kier alpha value is -2.90. The molecular weight excluding hydrogens is 282 g/mol. The monoisotopic (exact) mass is 301 g/mol. The van der Waals surface area contributed by atoms with Crippen molar-refractivity contribution in [3.05, 3.63) is 35.5 Å². The van der Waals surface area contributed by atoms with E-state index in [1.807, 2.05) is 24.3 Å². The average molecular weight is 301 g/mol. The first-order valence-electron chi connectivity index (χ1n) is 6.95. The van der Waals surface area contributed by atoms with Crippen LogP contribution in [0.4, 0.5) is 11.5 Å². The molecule has 8 nitrogen and oxygen atoms in total. The van der Waals surface area contributed by atoms with Crippen molar-refractivity contribution in [3.8, 4) is 0 Å². The van der Waals surface area contributed by atoms with Crippen molar-refractivity contribution in [2.75, 3.05) is 23.7 Å². The van der Waals surface area contributed by atoms with Crippen LogP contribution in [0.15, 0.2) is 39.1 Å². The summed E-state index contributed by atoms with van der Waals surface area (Å²) in [7, 11) is 0. The Morgan fingerprint density at radius 1 is 1.23 bits per heavy atom. The Labute approximate surface area is 128 Å². The number of rotatable bonds is 6. The van der Waals surface area contributed by atoms with Crippen LogP contribution in [0.5, 0.6) is 0 Å². The smallest absolute Gasteiger partial charge is 0.199 e. The molecule has 0 unspecified atom stereocenters. The molecule has 0 saturated carbocycles. The number of hydrogen-bond acceptors (Lipinski definition) is 7. The van der Waals surface area contributed by atoms with Crippen molar-refractivity contribution in [3.63, 3.8) is 0 Å². The summed E-state index contributed by atoms with van der Waals surface area (Å²) in [4.78, 5) is 2.26. The molecule has 8 heteroatoms. The predicted octanol–water partition coefficient (Wildman–Crippen LogP) is 1.24. The van der Waals surface area contributed by atoms with Crippen LogP contribution in [0.25, 0.3) is 0 Å². The van der Waals surface area contributed by atoms with Crippen LogP contribution in [-0.2, 0) is 0 Å². The van der Waals surface area contributed by atoms with E-state index in [0.29, 0.717) is 0 Å². The first-order valence-corrected chi connectivity index (χ1v) is 6.95.